The van der Waals surface area contributed by atoms with Crippen LogP contribution >= 0.6 is 15.9 Å². The van der Waals surface area contributed by atoms with Crippen molar-refractivity contribution < 1.29 is 13.9 Å². The van der Waals surface area contributed by atoms with Gasteiger partial charge in [0, 0.05) is 22.7 Å². The van der Waals surface area contributed by atoms with E-state index >= 15 is 0 Å². The van der Waals surface area contributed by atoms with Crippen molar-refractivity contribution >= 4 is 33.0 Å². The molecule has 0 aliphatic rings. The molecule has 0 atom stereocenters. The van der Waals surface area contributed by atoms with Crippen LogP contribution in [0.1, 0.15) is 0 Å². The number of anilines is 3. The summed E-state index contributed by atoms with van der Waals surface area (Å²) in [7, 11) is 2.99. The lowest BCUT2D eigenvalue weighted by atomic mass is 10.2. The number of ether oxygens (including phenoxy) is 2. The minimum atomic E-state index is -0.500. The maximum absolute atomic E-state index is 13.5. The molecule has 0 aliphatic heterocycles. The smallest absolute Gasteiger partial charge is 0.167 e. The lowest BCUT2D eigenvalue weighted by molar-refractivity contribution is 0.387. The van der Waals surface area contributed by atoms with Crippen molar-refractivity contribution in [2.75, 3.05) is 25.3 Å². The second-order valence-corrected chi connectivity index (χ2v) is 4.90. The van der Waals surface area contributed by atoms with E-state index in [0.717, 1.165) is 10.2 Å². The van der Waals surface area contributed by atoms with Gasteiger partial charge in [-0.05, 0) is 28.1 Å². The summed E-state index contributed by atoms with van der Waals surface area (Å²) in [6.45, 7) is 0. The molecule has 106 valence electrons. The van der Waals surface area contributed by atoms with Gasteiger partial charge in [-0.2, -0.15) is 0 Å². The average Bonchev–Trinajstić information content (AvgIpc) is 2.44. The fourth-order valence-corrected chi connectivity index (χ4v) is 2.05. The first kappa shape index (κ1) is 14.5. The summed E-state index contributed by atoms with van der Waals surface area (Å²) in [4.78, 5) is 0. The highest BCUT2D eigenvalue weighted by Crippen LogP contribution is 2.34. The molecule has 0 saturated carbocycles. The lowest BCUT2D eigenvalue weighted by Crippen LogP contribution is -2.00. The van der Waals surface area contributed by atoms with E-state index in [9.17, 15) is 4.39 Å². The fraction of sp³-hybridized carbons (Fsp3) is 0.143. The van der Waals surface area contributed by atoms with E-state index in [2.05, 4.69) is 21.2 Å². The third-order valence-electron chi connectivity index (χ3n) is 2.77. The summed E-state index contributed by atoms with van der Waals surface area (Å²) < 4.78 is 24.5. The molecule has 0 unspecified atom stereocenters. The molecule has 0 aliphatic carbocycles. The van der Waals surface area contributed by atoms with Gasteiger partial charge in [-0.15, -0.1) is 0 Å². The van der Waals surface area contributed by atoms with Gasteiger partial charge in [-0.25, -0.2) is 4.39 Å². The number of halogens is 2. The van der Waals surface area contributed by atoms with Gasteiger partial charge in [0.1, 0.15) is 5.75 Å². The van der Waals surface area contributed by atoms with Crippen LogP contribution in [-0.4, -0.2) is 14.2 Å². The normalized spacial score (nSPS) is 10.2. The Morgan fingerprint density at radius 2 is 1.85 bits per heavy atom. The SMILES string of the molecule is COc1ccc(Br)c(Nc2cc(OC)c(F)cc2N)c1. The zero-order valence-corrected chi connectivity index (χ0v) is 12.6. The van der Waals surface area contributed by atoms with E-state index in [1.807, 2.05) is 12.1 Å². The molecule has 0 fully saturated rings. The van der Waals surface area contributed by atoms with Crippen LogP contribution in [0.5, 0.6) is 11.5 Å². The van der Waals surface area contributed by atoms with Crippen molar-refractivity contribution in [3.8, 4) is 11.5 Å². The van der Waals surface area contributed by atoms with Gasteiger partial charge in [0.2, 0.25) is 0 Å². The molecule has 0 saturated heterocycles. The van der Waals surface area contributed by atoms with Crippen LogP contribution in [-0.2, 0) is 0 Å². The second kappa shape index (κ2) is 6.00. The largest absolute Gasteiger partial charge is 0.497 e. The highest BCUT2D eigenvalue weighted by atomic mass is 79.9. The number of hydrogen-bond acceptors (Lipinski definition) is 4. The van der Waals surface area contributed by atoms with Crippen LogP contribution in [0.4, 0.5) is 21.5 Å². The Morgan fingerprint density at radius 1 is 1.10 bits per heavy atom. The molecule has 2 aromatic rings. The summed E-state index contributed by atoms with van der Waals surface area (Å²) in [6.07, 6.45) is 0. The maximum Gasteiger partial charge on any atom is 0.167 e. The number of nitrogens with two attached hydrogens (primary N) is 1. The Hall–Kier alpha value is -1.95. The minimum absolute atomic E-state index is 0.126. The van der Waals surface area contributed by atoms with E-state index in [4.69, 9.17) is 15.2 Å². The molecular weight excluding hydrogens is 327 g/mol. The Morgan fingerprint density at radius 3 is 2.50 bits per heavy atom. The van der Waals surface area contributed by atoms with Crippen molar-refractivity contribution in [1.29, 1.82) is 0 Å². The van der Waals surface area contributed by atoms with Crippen molar-refractivity contribution in [3.05, 3.63) is 40.6 Å². The maximum atomic E-state index is 13.5. The molecule has 0 bridgehead atoms. The Bertz CT molecular complexity index is 635. The Balaban J connectivity index is 2.39. The van der Waals surface area contributed by atoms with Crippen molar-refractivity contribution in [2.24, 2.45) is 0 Å². The van der Waals surface area contributed by atoms with E-state index < -0.39 is 5.82 Å². The number of rotatable bonds is 4. The van der Waals surface area contributed by atoms with Gasteiger partial charge in [-0.1, -0.05) is 0 Å². The van der Waals surface area contributed by atoms with Gasteiger partial charge in [-0.3, -0.25) is 0 Å². The first-order chi connectivity index (χ1) is 9.55. The molecule has 4 nitrogen and oxygen atoms in total. The van der Waals surface area contributed by atoms with Gasteiger partial charge in [0.25, 0.3) is 0 Å². The quantitative estimate of drug-likeness (QED) is 0.828. The summed E-state index contributed by atoms with van der Waals surface area (Å²) in [5.74, 6) is 0.323. The van der Waals surface area contributed by atoms with Crippen LogP contribution in [0, 0.1) is 5.82 Å². The zero-order valence-electron chi connectivity index (χ0n) is 11.0. The standard InChI is InChI=1S/C14H14BrFN2O2/c1-19-8-3-4-9(15)12(5-8)18-13-7-14(20-2)10(16)6-11(13)17/h3-7,18H,17H2,1-2H3. The molecule has 2 aromatic carbocycles. The van der Waals surface area contributed by atoms with E-state index in [-0.39, 0.29) is 11.4 Å². The Labute approximate surface area is 124 Å². The first-order valence-electron chi connectivity index (χ1n) is 5.78. The molecule has 0 radical (unpaired) electrons. The number of methoxy groups -OCH3 is 2. The van der Waals surface area contributed by atoms with E-state index in [0.29, 0.717) is 11.4 Å². The van der Waals surface area contributed by atoms with Crippen molar-refractivity contribution in [1.82, 2.24) is 0 Å². The van der Waals surface area contributed by atoms with Crippen LogP contribution in [0.25, 0.3) is 0 Å². The Kier molecular flexibility index (Phi) is 4.34. The summed E-state index contributed by atoms with van der Waals surface area (Å²) >= 11 is 3.43. The zero-order chi connectivity index (χ0) is 14.7. The number of nitrogen functional groups attached to an aromatic ring is 1. The lowest BCUT2D eigenvalue weighted by Gasteiger charge is -2.14. The summed E-state index contributed by atoms with van der Waals surface area (Å²) in [5.41, 5.74) is 7.41. The predicted octanol–water partition coefficient (Wildman–Crippen LogP) is 3.93. The highest BCUT2D eigenvalue weighted by Gasteiger charge is 2.10. The first-order valence-corrected chi connectivity index (χ1v) is 6.58. The number of benzene rings is 2. The molecular formula is C14H14BrFN2O2. The number of hydrogen-bond donors (Lipinski definition) is 2. The van der Waals surface area contributed by atoms with Gasteiger partial charge in [0.05, 0.1) is 31.3 Å². The van der Waals surface area contributed by atoms with Gasteiger partial charge >= 0.3 is 0 Å². The second-order valence-electron chi connectivity index (χ2n) is 4.04. The fourth-order valence-electron chi connectivity index (χ4n) is 1.71. The molecule has 0 amide bonds. The van der Waals surface area contributed by atoms with E-state index in [1.54, 1.807) is 13.2 Å². The molecule has 0 aromatic heterocycles. The summed E-state index contributed by atoms with van der Waals surface area (Å²) in [6, 6.07) is 8.20. The topological polar surface area (TPSA) is 56.5 Å². The van der Waals surface area contributed by atoms with Crippen molar-refractivity contribution in [2.45, 2.75) is 0 Å². The van der Waals surface area contributed by atoms with Crippen molar-refractivity contribution in [3.63, 3.8) is 0 Å². The molecule has 0 spiro atoms. The monoisotopic (exact) mass is 340 g/mol. The third-order valence-corrected chi connectivity index (χ3v) is 3.46. The summed E-state index contributed by atoms with van der Waals surface area (Å²) in [5, 5.41) is 3.12. The van der Waals surface area contributed by atoms with Crippen LogP contribution < -0.4 is 20.5 Å². The van der Waals surface area contributed by atoms with Crippen LogP contribution in [0.3, 0.4) is 0 Å². The molecule has 20 heavy (non-hydrogen) atoms. The third kappa shape index (κ3) is 2.96. The predicted molar refractivity (Wildman–Crippen MR) is 81.3 cm³/mol. The van der Waals surface area contributed by atoms with Crippen LogP contribution in [0.15, 0.2) is 34.8 Å². The molecule has 0 heterocycles. The van der Waals surface area contributed by atoms with Crippen LogP contribution in [0.2, 0.25) is 0 Å². The van der Waals surface area contributed by atoms with Gasteiger partial charge < -0.3 is 20.5 Å². The van der Waals surface area contributed by atoms with E-state index in [1.165, 1.54) is 19.2 Å². The molecule has 2 rings (SSSR count). The molecule has 6 heteroatoms. The minimum Gasteiger partial charge on any atom is -0.497 e. The average molecular weight is 341 g/mol. The number of nitrogens with one attached hydrogen (secondary N) is 1. The van der Waals surface area contributed by atoms with Gasteiger partial charge in [0.15, 0.2) is 11.6 Å². The molecule has 3 N–H and O–H groups in total. The highest BCUT2D eigenvalue weighted by molar-refractivity contribution is 9.10.